The molecule has 0 radical (unpaired) electrons. The number of hydrogen-bond acceptors (Lipinski definition) is 4. The zero-order valence-corrected chi connectivity index (χ0v) is 17.4. The van der Waals surface area contributed by atoms with Gasteiger partial charge in [-0.3, -0.25) is 9.89 Å². The van der Waals surface area contributed by atoms with E-state index in [4.69, 9.17) is 4.99 Å². The highest BCUT2D eigenvalue weighted by Gasteiger charge is 2.19. The van der Waals surface area contributed by atoms with Gasteiger partial charge in [0.1, 0.15) is 12.2 Å². The van der Waals surface area contributed by atoms with E-state index in [1.54, 1.807) is 6.33 Å². The molecule has 7 heteroatoms. The fourth-order valence-corrected chi connectivity index (χ4v) is 3.62. The molecular formula is C21H33N7. The monoisotopic (exact) mass is 383 g/mol. The van der Waals surface area contributed by atoms with Crippen LogP contribution in [-0.2, 0) is 19.5 Å². The normalized spacial score (nSPS) is 15.8. The van der Waals surface area contributed by atoms with E-state index in [2.05, 4.69) is 74.9 Å². The van der Waals surface area contributed by atoms with Crippen LogP contribution >= 0.6 is 0 Å². The SMILES string of the molecule is CCNC(=NCCn1cnnc1CC)N1CCN(Cc2cccc(C)c2)CC1. The highest BCUT2D eigenvalue weighted by atomic mass is 15.3. The van der Waals surface area contributed by atoms with Crippen LogP contribution in [0.2, 0.25) is 0 Å². The van der Waals surface area contributed by atoms with E-state index in [9.17, 15) is 0 Å². The molecule has 1 fully saturated rings. The van der Waals surface area contributed by atoms with Crippen molar-refractivity contribution in [1.29, 1.82) is 0 Å². The van der Waals surface area contributed by atoms with E-state index in [0.717, 1.165) is 70.6 Å². The Kier molecular flexibility index (Phi) is 7.42. The summed E-state index contributed by atoms with van der Waals surface area (Å²) in [6, 6.07) is 8.81. The lowest BCUT2D eigenvalue weighted by Gasteiger charge is -2.36. The van der Waals surface area contributed by atoms with Crippen LogP contribution < -0.4 is 5.32 Å². The molecule has 1 saturated heterocycles. The van der Waals surface area contributed by atoms with Crippen LogP contribution in [0.5, 0.6) is 0 Å². The molecule has 0 spiro atoms. The van der Waals surface area contributed by atoms with Gasteiger partial charge in [0.15, 0.2) is 5.96 Å². The molecule has 0 aliphatic carbocycles. The molecule has 1 aliphatic rings. The van der Waals surface area contributed by atoms with Crippen LogP contribution in [0.4, 0.5) is 0 Å². The number of aromatic nitrogens is 3. The maximum atomic E-state index is 4.84. The topological polar surface area (TPSA) is 61.6 Å². The van der Waals surface area contributed by atoms with Gasteiger partial charge in [0.25, 0.3) is 0 Å². The first-order valence-corrected chi connectivity index (χ1v) is 10.4. The van der Waals surface area contributed by atoms with Crippen LogP contribution in [0.1, 0.15) is 30.8 Å². The number of nitrogens with zero attached hydrogens (tertiary/aromatic N) is 6. The Morgan fingerprint density at radius 2 is 2.00 bits per heavy atom. The Morgan fingerprint density at radius 3 is 2.71 bits per heavy atom. The summed E-state index contributed by atoms with van der Waals surface area (Å²) < 4.78 is 2.09. The third-order valence-electron chi connectivity index (χ3n) is 5.11. The second kappa shape index (κ2) is 10.2. The number of rotatable bonds is 7. The molecule has 152 valence electrons. The molecule has 3 rings (SSSR count). The van der Waals surface area contributed by atoms with Crippen molar-refractivity contribution in [2.24, 2.45) is 4.99 Å². The van der Waals surface area contributed by atoms with E-state index in [1.807, 2.05) is 0 Å². The van der Waals surface area contributed by atoms with E-state index < -0.39 is 0 Å². The van der Waals surface area contributed by atoms with Crippen molar-refractivity contribution in [3.8, 4) is 0 Å². The Bertz CT molecular complexity index is 760. The molecule has 0 unspecified atom stereocenters. The van der Waals surface area contributed by atoms with E-state index in [1.165, 1.54) is 11.1 Å². The average molecular weight is 384 g/mol. The Balaban J connectivity index is 1.52. The van der Waals surface area contributed by atoms with Gasteiger partial charge in [-0.25, -0.2) is 0 Å². The summed E-state index contributed by atoms with van der Waals surface area (Å²) in [5, 5.41) is 11.6. The van der Waals surface area contributed by atoms with Crippen LogP contribution in [0, 0.1) is 6.92 Å². The Labute approximate surface area is 168 Å². The lowest BCUT2D eigenvalue weighted by molar-refractivity contribution is 0.172. The third kappa shape index (κ3) is 5.55. The molecule has 1 aromatic heterocycles. The molecule has 2 heterocycles. The van der Waals surface area contributed by atoms with E-state index in [-0.39, 0.29) is 0 Å². The zero-order valence-electron chi connectivity index (χ0n) is 17.4. The molecular weight excluding hydrogens is 350 g/mol. The second-order valence-electron chi connectivity index (χ2n) is 7.28. The minimum absolute atomic E-state index is 0.733. The summed E-state index contributed by atoms with van der Waals surface area (Å²) in [6.07, 6.45) is 2.69. The summed E-state index contributed by atoms with van der Waals surface area (Å²) in [6.45, 7) is 14.0. The summed E-state index contributed by atoms with van der Waals surface area (Å²) in [7, 11) is 0. The molecule has 7 nitrogen and oxygen atoms in total. The quantitative estimate of drug-likeness (QED) is 0.585. The van der Waals surface area contributed by atoms with Gasteiger partial charge >= 0.3 is 0 Å². The molecule has 2 aromatic rings. The van der Waals surface area contributed by atoms with Crippen molar-refractivity contribution in [2.75, 3.05) is 39.3 Å². The molecule has 1 N–H and O–H groups in total. The summed E-state index contributed by atoms with van der Waals surface area (Å²) in [5.74, 6) is 2.04. The van der Waals surface area contributed by atoms with Crippen molar-refractivity contribution < 1.29 is 0 Å². The number of hydrogen-bond donors (Lipinski definition) is 1. The summed E-state index contributed by atoms with van der Waals surface area (Å²) in [5.41, 5.74) is 2.73. The van der Waals surface area contributed by atoms with Crippen LogP contribution in [0.25, 0.3) is 0 Å². The van der Waals surface area contributed by atoms with E-state index >= 15 is 0 Å². The summed E-state index contributed by atoms with van der Waals surface area (Å²) >= 11 is 0. The fraction of sp³-hybridized carbons (Fsp3) is 0.571. The first-order valence-electron chi connectivity index (χ1n) is 10.4. The van der Waals surface area contributed by atoms with Crippen molar-refractivity contribution in [2.45, 2.75) is 40.3 Å². The molecule has 0 bridgehead atoms. The van der Waals surface area contributed by atoms with Gasteiger partial charge in [-0.05, 0) is 19.4 Å². The minimum Gasteiger partial charge on any atom is -0.357 e. The van der Waals surface area contributed by atoms with Crippen molar-refractivity contribution in [1.82, 2.24) is 29.9 Å². The Hall–Kier alpha value is -2.41. The van der Waals surface area contributed by atoms with Crippen LogP contribution in [0.15, 0.2) is 35.6 Å². The van der Waals surface area contributed by atoms with Crippen LogP contribution in [-0.4, -0.2) is 69.8 Å². The highest BCUT2D eigenvalue weighted by Crippen LogP contribution is 2.10. The fourth-order valence-electron chi connectivity index (χ4n) is 3.62. The number of aryl methyl sites for hydroxylation is 2. The van der Waals surface area contributed by atoms with Gasteiger partial charge in [-0.15, -0.1) is 10.2 Å². The average Bonchev–Trinajstić information content (AvgIpc) is 3.15. The second-order valence-corrected chi connectivity index (χ2v) is 7.28. The standard InChI is InChI=1S/C21H33N7/c1-4-20-25-24-17-28(20)10-9-23-21(22-5-2)27-13-11-26(12-14-27)16-19-8-6-7-18(3)15-19/h6-8,15,17H,4-5,9-14,16H2,1-3H3,(H,22,23). The largest absolute Gasteiger partial charge is 0.357 e. The third-order valence-corrected chi connectivity index (χ3v) is 5.11. The summed E-state index contributed by atoms with van der Waals surface area (Å²) in [4.78, 5) is 9.75. The smallest absolute Gasteiger partial charge is 0.194 e. The lowest BCUT2D eigenvalue weighted by Crippen LogP contribution is -2.52. The molecule has 0 amide bonds. The molecule has 28 heavy (non-hydrogen) atoms. The van der Waals surface area contributed by atoms with Gasteiger partial charge in [0.05, 0.1) is 6.54 Å². The first-order chi connectivity index (χ1) is 13.7. The van der Waals surface area contributed by atoms with Gasteiger partial charge in [0, 0.05) is 52.2 Å². The van der Waals surface area contributed by atoms with Crippen molar-refractivity contribution >= 4 is 5.96 Å². The number of piperazine rings is 1. The zero-order chi connectivity index (χ0) is 19.8. The maximum absolute atomic E-state index is 4.84. The lowest BCUT2D eigenvalue weighted by atomic mass is 10.1. The molecule has 0 atom stereocenters. The Morgan fingerprint density at radius 1 is 1.18 bits per heavy atom. The maximum Gasteiger partial charge on any atom is 0.194 e. The number of benzene rings is 1. The number of guanidine groups is 1. The number of aliphatic imine (C=N–C) groups is 1. The van der Waals surface area contributed by atoms with Gasteiger partial charge in [0.2, 0.25) is 0 Å². The molecule has 1 aromatic carbocycles. The predicted octanol–water partition coefficient (Wildman–Crippen LogP) is 1.93. The van der Waals surface area contributed by atoms with E-state index in [0.29, 0.717) is 0 Å². The molecule has 0 saturated carbocycles. The van der Waals surface area contributed by atoms with Crippen LogP contribution in [0.3, 0.4) is 0 Å². The number of nitrogens with one attached hydrogen (secondary N) is 1. The minimum atomic E-state index is 0.733. The first kappa shape index (κ1) is 20.3. The van der Waals surface area contributed by atoms with Gasteiger partial charge in [-0.2, -0.15) is 0 Å². The van der Waals surface area contributed by atoms with Gasteiger partial charge in [-0.1, -0.05) is 36.8 Å². The molecule has 1 aliphatic heterocycles. The predicted molar refractivity (Wildman–Crippen MR) is 113 cm³/mol. The van der Waals surface area contributed by atoms with Crippen molar-refractivity contribution in [3.05, 3.63) is 47.5 Å². The van der Waals surface area contributed by atoms with Crippen molar-refractivity contribution in [3.63, 3.8) is 0 Å². The highest BCUT2D eigenvalue weighted by molar-refractivity contribution is 5.80. The van der Waals surface area contributed by atoms with Gasteiger partial charge < -0.3 is 14.8 Å².